The van der Waals surface area contributed by atoms with Crippen LogP contribution in [-0.4, -0.2) is 16.1 Å². The van der Waals surface area contributed by atoms with Crippen molar-refractivity contribution in [3.63, 3.8) is 0 Å². The summed E-state index contributed by atoms with van der Waals surface area (Å²) in [5.74, 6) is -1.32. The van der Waals surface area contributed by atoms with Crippen LogP contribution in [0.2, 0.25) is 0 Å². The summed E-state index contributed by atoms with van der Waals surface area (Å²) in [6, 6.07) is 1.04. The lowest BCUT2D eigenvalue weighted by Crippen LogP contribution is -2.13. The molecule has 82 valence electrons. The fourth-order valence-corrected chi connectivity index (χ4v) is 1.68. The van der Waals surface area contributed by atoms with Crippen LogP contribution in [-0.2, 0) is 17.4 Å². The van der Waals surface area contributed by atoms with E-state index >= 15 is 0 Å². The van der Waals surface area contributed by atoms with Crippen molar-refractivity contribution in [3.8, 4) is 0 Å². The molecular weight excluding hydrogens is 279 g/mol. The van der Waals surface area contributed by atoms with E-state index in [-0.39, 0.29) is 5.56 Å². The monoisotopic (exact) mass is 283 g/mol. The number of rotatable bonds is 2. The number of pyridine rings is 1. The molecule has 0 aliphatic heterocycles. The van der Waals surface area contributed by atoms with Crippen molar-refractivity contribution in [2.75, 3.05) is 0 Å². The highest BCUT2D eigenvalue weighted by Crippen LogP contribution is 2.36. The van der Waals surface area contributed by atoms with Crippen LogP contribution in [0.3, 0.4) is 0 Å². The molecule has 0 bridgehead atoms. The predicted octanol–water partition coefficient (Wildman–Crippen LogP) is 2.49. The third kappa shape index (κ3) is 2.92. The van der Waals surface area contributed by atoms with Crippen molar-refractivity contribution < 1.29 is 23.1 Å². The second kappa shape index (κ2) is 4.18. The number of carboxylic acid groups (broad SMARTS) is 1. The first-order valence-electron chi connectivity index (χ1n) is 3.74. The van der Waals surface area contributed by atoms with E-state index in [0.717, 1.165) is 12.3 Å². The van der Waals surface area contributed by atoms with Gasteiger partial charge in [-0.15, -0.1) is 0 Å². The van der Waals surface area contributed by atoms with E-state index in [1.807, 2.05) is 0 Å². The molecule has 0 aliphatic rings. The molecule has 0 saturated carbocycles. The molecule has 0 atom stereocenters. The Balaban J connectivity index is 3.27. The number of nitrogens with zero attached hydrogens (tertiary/aromatic N) is 1. The zero-order valence-corrected chi connectivity index (χ0v) is 8.76. The Labute approximate surface area is 91.1 Å². The molecule has 1 aromatic heterocycles. The van der Waals surface area contributed by atoms with E-state index in [9.17, 15) is 18.0 Å². The third-order valence-electron chi connectivity index (χ3n) is 1.62. The normalized spacial score (nSPS) is 11.5. The first-order chi connectivity index (χ1) is 6.82. The SMILES string of the molecule is O=C(O)Cc1ccnc(Br)c1C(F)(F)F. The molecule has 0 fully saturated rings. The summed E-state index contributed by atoms with van der Waals surface area (Å²) in [5, 5.41) is 8.44. The number of carbonyl (C=O) groups is 1. The molecule has 0 spiro atoms. The number of hydrogen-bond acceptors (Lipinski definition) is 2. The molecule has 1 aromatic rings. The predicted molar refractivity (Wildman–Crippen MR) is 48.3 cm³/mol. The first-order valence-corrected chi connectivity index (χ1v) is 4.54. The van der Waals surface area contributed by atoms with E-state index in [0.29, 0.717) is 0 Å². The lowest BCUT2D eigenvalue weighted by molar-refractivity contribution is -0.140. The summed E-state index contributed by atoms with van der Waals surface area (Å²) in [6.45, 7) is 0. The molecule has 3 nitrogen and oxygen atoms in total. The van der Waals surface area contributed by atoms with Gasteiger partial charge in [-0.2, -0.15) is 13.2 Å². The molecule has 15 heavy (non-hydrogen) atoms. The molecule has 0 radical (unpaired) electrons. The van der Waals surface area contributed by atoms with Crippen molar-refractivity contribution in [3.05, 3.63) is 28.0 Å². The fraction of sp³-hybridized carbons (Fsp3) is 0.250. The van der Waals surface area contributed by atoms with Crippen LogP contribution >= 0.6 is 15.9 Å². The van der Waals surface area contributed by atoms with Gasteiger partial charge in [-0.05, 0) is 27.6 Å². The summed E-state index contributed by atoms with van der Waals surface area (Å²) in [6.07, 6.45) is -4.18. The molecule has 7 heteroatoms. The maximum absolute atomic E-state index is 12.5. The van der Waals surface area contributed by atoms with Gasteiger partial charge in [0, 0.05) is 6.20 Å². The number of carboxylic acids is 1. The average molecular weight is 284 g/mol. The van der Waals surface area contributed by atoms with Crippen LogP contribution in [0.4, 0.5) is 13.2 Å². The van der Waals surface area contributed by atoms with Crippen LogP contribution in [0.1, 0.15) is 11.1 Å². The van der Waals surface area contributed by atoms with Gasteiger partial charge in [-0.25, -0.2) is 4.98 Å². The van der Waals surface area contributed by atoms with Gasteiger partial charge < -0.3 is 5.11 Å². The maximum atomic E-state index is 12.5. The number of hydrogen-bond donors (Lipinski definition) is 1. The van der Waals surface area contributed by atoms with Crippen LogP contribution in [0.5, 0.6) is 0 Å². The van der Waals surface area contributed by atoms with E-state index < -0.39 is 28.7 Å². The van der Waals surface area contributed by atoms with Gasteiger partial charge in [0.15, 0.2) is 0 Å². The van der Waals surface area contributed by atoms with Crippen molar-refractivity contribution in [2.45, 2.75) is 12.6 Å². The summed E-state index contributed by atoms with van der Waals surface area (Å²) >= 11 is 2.65. The van der Waals surface area contributed by atoms with Gasteiger partial charge in [0.2, 0.25) is 0 Å². The van der Waals surface area contributed by atoms with Gasteiger partial charge in [0.25, 0.3) is 0 Å². The topological polar surface area (TPSA) is 50.2 Å². The van der Waals surface area contributed by atoms with Gasteiger partial charge in [0.1, 0.15) is 4.60 Å². The molecule has 0 amide bonds. The number of halogens is 4. The van der Waals surface area contributed by atoms with E-state index in [2.05, 4.69) is 20.9 Å². The van der Waals surface area contributed by atoms with Gasteiger partial charge in [-0.1, -0.05) is 0 Å². The molecule has 1 rings (SSSR count). The molecule has 0 aromatic carbocycles. The highest BCUT2D eigenvalue weighted by Gasteiger charge is 2.36. The first kappa shape index (κ1) is 12.0. The largest absolute Gasteiger partial charge is 0.481 e. The Bertz CT molecular complexity index is 392. The molecule has 0 saturated heterocycles. The summed E-state index contributed by atoms with van der Waals surface area (Å²) in [7, 11) is 0. The summed E-state index contributed by atoms with van der Waals surface area (Å²) in [5.41, 5.74) is -1.34. The second-order valence-corrected chi connectivity index (χ2v) is 3.46. The molecule has 1 heterocycles. The fourth-order valence-electron chi connectivity index (χ4n) is 1.08. The average Bonchev–Trinajstić information content (AvgIpc) is 1.99. The Morgan fingerprint density at radius 2 is 2.13 bits per heavy atom. The molecule has 0 aliphatic carbocycles. The highest BCUT2D eigenvalue weighted by molar-refractivity contribution is 9.10. The van der Waals surface area contributed by atoms with Crippen molar-refractivity contribution in [1.82, 2.24) is 4.98 Å². The van der Waals surface area contributed by atoms with Gasteiger partial charge in [0.05, 0.1) is 12.0 Å². The highest BCUT2D eigenvalue weighted by atomic mass is 79.9. The molecule has 1 N–H and O–H groups in total. The summed E-state index contributed by atoms with van der Waals surface area (Å²) < 4.78 is 37.1. The molecular formula is C8H5BrF3NO2. The number of aliphatic carboxylic acids is 1. The zero-order chi connectivity index (χ0) is 11.6. The van der Waals surface area contributed by atoms with Crippen molar-refractivity contribution >= 4 is 21.9 Å². The van der Waals surface area contributed by atoms with Gasteiger partial charge in [-0.3, -0.25) is 4.79 Å². The maximum Gasteiger partial charge on any atom is 0.419 e. The lowest BCUT2D eigenvalue weighted by Gasteiger charge is -2.12. The second-order valence-electron chi connectivity index (χ2n) is 2.70. The van der Waals surface area contributed by atoms with E-state index in [1.165, 1.54) is 0 Å². The van der Waals surface area contributed by atoms with Crippen molar-refractivity contribution in [1.29, 1.82) is 0 Å². The minimum atomic E-state index is -4.61. The third-order valence-corrected chi connectivity index (χ3v) is 2.22. The van der Waals surface area contributed by atoms with Crippen LogP contribution in [0.15, 0.2) is 16.9 Å². The minimum Gasteiger partial charge on any atom is -0.481 e. The lowest BCUT2D eigenvalue weighted by atomic mass is 10.1. The van der Waals surface area contributed by atoms with Crippen molar-refractivity contribution in [2.24, 2.45) is 0 Å². The van der Waals surface area contributed by atoms with E-state index in [4.69, 9.17) is 5.11 Å². The Kier molecular flexibility index (Phi) is 3.33. The van der Waals surface area contributed by atoms with Gasteiger partial charge >= 0.3 is 12.1 Å². The zero-order valence-electron chi connectivity index (χ0n) is 7.18. The Morgan fingerprint density at radius 3 is 2.60 bits per heavy atom. The number of aromatic nitrogens is 1. The van der Waals surface area contributed by atoms with Crippen LogP contribution < -0.4 is 0 Å². The Hall–Kier alpha value is -1.11. The van der Waals surface area contributed by atoms with Crippen LogP contribution in [0.25, 0.3) is 0 Å². The quantitative estimate of drug-likeness (QED) is 0.849. The molecule has 0 unspecified atom stereocenters. The summed E-state index contributed by atoms with van der Waals surface area (Å²) in [4.78, 5) is 13.8. The standard InChI is InChI=1S/C8H5BrF3NO2/c9-7-6(8(10,11)12)4(1-2-13-7)3-5(14)15/h1-2H,3H2,(H,14,15). The minimum absolute atomic E-state index is 0.308. The van der Waals surface area contributed by atoms with Crippen LogP contribution in [0, 0.1) is 0 Å². The smallest absolute Gasteiger partial charge is 0.419 e. The van der Waals surface area contributed by atoms with E-state index in [1.54, 1.807) is 0 Å². The number of alkyl halides is 3. The Morgan fingerprint density at radius 1 is 1.53 bits per heavy atom.